The van der Waals surface area contributed by atoms with Crippen LogP contribution >= 0.6 is 0 Å². The highest BCUT2D eigenvalue weighted by atomic mass is 14.7. The van der Waals surface area contributed by atoms with E-state index in [9.17, 15) is 0 Å². The van der Waals surface area contributed by atoms with Gasteiger partial charge in [-0.15, -0.1) is 0 Å². The normalized spacial score (nSPS) is 13.2. The van der Waals surface area contributed by atoms with Crippen molar-refractivity contribution in [1.29, 1.82) is 0 Å². The number of nitrogens with zero attached hydrogens (tertiary/aromatic N) is 1. The second kappa shape index (κ2) is 7.54. The molecule has 0 saturated carbocycles. The minimum absolute atomic E-state index is 0.0686. The summed E-state index contributed by atoms with van der Waals surface area (Å²) in [6.45, 7) is 15.9. The van der Waals surface area contributed by atoms with Crippen molar-refractivity contribution in [2.45, 2.75) is 66.2 Å². The van der Waals surface area contributed by atoms with Crippen LogP contribution in [0.15, 0.2) is 54.6 Å². The SMILES string of the molecule is CCC(C)c1cc(-c2cc(C(C)(C)C)c3ccccc3c2)nc2cc(C)cc(C)c12. The van der Waals surface area contributed by atoms with E-state index in [4.69, 9.17) is 4.98 Å². The van der Waals surface area contributed by atoms with Crippen LogP contribution in [0.4, 0.5) is 0 Å². The Kier molecular flexibility index (Phi) is 5.18. The molecule has 1 atom stereocenters. The Bertz CT molecular complexity index is 1240. The fourth-order valence-electron chi connectivity index (χ4n) is 4.63. The quantitative estimate of drug-likeness (QED) is 0.339. The zero-order chi connectivity index (χ0) is 21.6. The molecular formula is C29H33N. The van der Waals surface area contributed by atoms with Gasteiger partial charge >= 0.3 is 0 Å². The van der Waals surface area contributed by atoms with Gasteiger partial charge in [-0.25, -0.2) is 4.98 Å². The van der Waals surface area contributed by atoms with Crippen molar-refractivity contribution in [3.05, 3.63) is 76.9 Å². The molecule has 4 aromatic rings. The Hall–Kier alpha value is -2.67. The van der Waals surface area contributed by atoms with Crippen LogP contribution in [0, 0.1) is 13.8 Å². The first-order valence-electron chi connectivity index (χ1n) is 11.1. The van der Waals surface area contributed by atoms with E-state index in [1.54, 1.807) is 0 Å². The molecule has 1 aromatic heterocycles. The Morgan fingerprint density at radius 3 is 2.37 bits per heavy atom. The predicted octanol–water partition coefficient (Wildman–Crippen LogP) is 8.48. The number of aromatic nitrogens is 1. The fourth-order valence-corrected chi connectivity index (χ4v) is 4.63. The zero-order valence-electron chi connectivity index (χ0n) is 19.4. The van der Waals surface area contributed by atoms with Gasteiger partial charge in [0.2, 0.25) is 0 Å². The molecule has 0 amide bonds. The summed E-state index contributed by atoms with van der Waals surface area (Å²) in [5, 5.41) is 3.95. The number of benzene rings is 3. The maximum atomic E-state index is 5.17. The largest absolute Gasteiger partial charge is 0.248 e. The molecule has 0 radical (unpaired) electrons. The molecule has 1 heterocycles. The minimum atomic E-state index is 0.0686. The number of hydrogen-bond acceptors (Lipinski definition) is 1. The smallest absolute Gasteiger partial charge is 0.0717 e. The molecule has 1 nitrogen and oxygen atoms in total. The van der Waals surface area contributed by atoms with Crippen molar-refractivity contribution in [1.82, 2.24) is 4.98 Å². The number of rotatable bonds is 3. The Morgan fingerprint density at radius 2 is 1.67 bits per heavy atom. The average molecular weight is 396 g/mol. The lowest BCUT2D eigenvalue weighted by atomic mass is 9.82. The summed E-state index contributed by atoms with van der Waals surface area (Å²) in [5.74, 6) is 0.498. The molecule has 4 rings (SSSR count). The fraction of sp³-hybridized carbons (Fsp3) is 0.345. The van der Waals surface area contributed by atoms with Gasteiger partial charge in [0.25, 0.3) is 0 Å². The van der Waals surface area contributed by atoms with Crippen molar-refractivity contribution in [3.8, 4) is 11.3 Å². The van der Waals surface area contributed by atoms with Gasteiger partial charge < -0.3 is 0 Å². The van der Waals surface area contributed by atoms with Crippen LogP contribution in [0.3, 0.4) is 0 Å². The second-order valence-electron chi connectivity index (χ2n) is 9.88. The Labute approximate surface area is 181 Å². The van der Waals surface area contributed by atoms with Crippen molar-refractivity contribution in [2.75, 3.05) is 0 Å². The van der Waals surface area contributed by atoms with Gasteiger partial charge in [0.15, 0.2) is 0 Å². The molecule has 30 heavy (non-hydrogen) atoms. The molecule has 0 saturated heterocycles. The van der Waals surface area contributed by atoms with Gasteiger partial charge in [-0.1, -0.05) is 65.0 Å². The lowest BCUT2D eigenvalue weighted by molar-refractivity contribution is 0.596. The first-order valence-corrected chi connectivity index (χ1v) is 11.1. The summed E-state index contributed by atoms with van der Waals surface area (Å²) >= 11 is 0. The Morgan fingerprint density at radius 1 is 0.933 bits per heavy atom. The van der Waals surface area contributed by atoms with Gasteiger partial charge in [0.1, 0.15) is 0 Å². The number of pyridine rings is 1. The zero-order valence-corrected chi connectivity index (χ0v) is 19.4. The van der Waals surface area contributed by atoms with Crippen molar-refractivity contribution < 1.29 is 0 Å². The highest BCUT2D eigenvalue weighted by Crippen LogP contribution is 2.37. The van der Waals surface area contributed by atoms with Gasteiger partial charge in [-0.3, -0.25) is 0 Å². The van der Waals surface area contributed by atoms with Crippen LogP contribution in [-0.4, -0.2) is 4.98 Å². The standard InChI is InChI=1S/C29H33N/c1-8-19(3)24-17-26(30-27-14-18(2)13-20(4)28(24)27)22-15-21-11-9-10-12-23(21)25(16-22)29(5,6)7/h9-17,19H,8H2,1-7H3. The van der Waals surface area contributed by atoms with Crippen LogP contribution in [0.25, 0.3) is 32.9 Å². The monoisotopic (exact) mass is 395 g/mol. The van der Waals surface area contributed by atoms with Crippen molar-refractivity contribution in [2.24, 2.45) is 0 Å². The summed E-state index contributed by atoms with van der Waals surface area (Å²) in [4.78, 5) is 5.17. The molecule has 1 heteroatoms. The van der Waals surface area contributed by atoms with E-state index in [0.717, 1.165) is 17.6 Å². The van der Waals surface area contributed by atoms with Gasteiger partial charge in [0.05, 0.1) is 11.2 Å². The van der Waals surface area contributed by atoms with Crippen LogP contribution in [0.2, 0.25) is 0 Å². The van der Waals surface area contributed by atoms with E-state index < -0.39 is 0 Å². The predicted molar refractivity (Wildman–Crippen MR) is 132 cm³/mol. The van der Waals surface area contributed by atoms with E-state index in [2.05, 4.69) is 103 Å². The van der Waals surface area contributed by atoms with Crippen LogP contribution in [-0.2, 0) is 5.41 Å². The molecular weight excluding hydrogens is 362 g/mol. The summed E-state index contributed by atoms with van der Waals surface area (Å²) in [6.07, 6.45) is 1.12. The molecule has 0 spiro atoms. The lowest BCUT2D eigenvalue weighted by Gasteiger charge is -2.23. The van der Waals surface area contributed by atoms with E-state index >= 15 is 0 Å². The summed E-state index contributed by atoms with van der Waals surface area (Å²) in [5.41, 5.74) is 8.87. The van der Waals surface area contributed by atoms with Crippen LogP contribution in [0.1, 0.15) is 69.2 Å². The third-order valence-electron chi connectivity index (χ3n) is 6.39. The van der Waals surface area contributed by atoms with Gasteiger partial charge in [-0.2, -0.15) is 0 Å². The molecule has 0 aliphatic heterocycles. The molecule has 0 N–H and O–H groups in total. The molecule has 0 fully saturated rings. The first-order chi connectivity index (χ1) is 14.2. The van der Waals surface area contributed by atoms with E-state index in [-0.39, 0.29) is 5.41 Å². The maximum absolute atomic E-state index is 5.17. The summed E-state index contributed by atoms with van der Waals surface area (Å²) in [7, 11) is 0. The average Bonchev–Trinajstić information content (AvgIpc) is 2.70. The van der Waals surface area contributed by atoms with Gasteiger partial charge in [0, 0.05) is 10.9 Å². The molecule has 1 unspecified atom stereocenters. The first kappa shape index (κ1) is 20.6. The van der Waals surface area contributed by atoms with Gasteiger partial charge in [-0.05, 0) is 88.9 Å². The summed E-state index contributed by atoms with van der Waals surface area (Å²) < 4.78 is 0. The van der Waals surface area contributed by atoms with E-state index in [0.29, 0.717) is 5.92 Å². The molecule has 0 aliphatic carbocycles. The second-order valence-corrected chi connectivity index (χ2v) is 9.88. The maximum Gasteiger partial charge on any atom is 0.0717 e. The molecule has 0 aliphatic rings. The molecule has 3 aromatic carbocycles. The highest BCUT2D eigenvalue weighted by Gasteiger charge is 2.20. The van der Waals surface area contributed by atoms with Crippen molar-refractivity contribution >= 4 is 21.7 Å². The van der Waals surface area contributed by atoms with E-state index in [1.165, 1.54) is 44.0 Å². The topological polar surface area (TPSA) is 12.9 Å². The highest BCUT2D eigenvalue weighted by molar-refractivity contribution is 5.93. The van der Waals surface area contributed by atoms with Crippen LogP contribution in [0.5, 0.6) is 0 Å². The third-order valence-corrected chi connectivity index (χ3v) is 6.39. The Balaban J connectivity index is 2.05. The number of fused-ring (bicyclic) bond motifs is 2. The summed E-state index contributed by atoms with van der Waals surface area (Å²) in [6, 6.07) is 20.3. The number of aryl methyl sites for hydroxylation is 2. The van der Waals surface area contributed by atoms with E-state index in [1.807, 2.05) is 0 Å². The minimum Gasteiger partial charge on any atom is -0.248 e. The third kappa shape index (κ3) is 3.62. The molecule has 154 valence electrons. The number of hydrogen-bond donors (Lipinski definition) is 0. The van der Waals surface area contributed by atoms with Crippen molar-refractivity contribution in [3.63, 3.8) is 0 Å². The molecule has 0 bridgehead atoms. The lowest BCUT2D eigenvalue weighted by Crippen LogP contribution is -2.12. The van der Waals surface area contributed by atoms with Crippen LogP contribution < -0.4 is 0 Å².